The third-order valence-electron chi connectivity index (χ3n) is 4.42. The number of benzene rings is 3. The Bertz CT molecular complexity index is 1130. The zero-order valence-corrected chi connectivity index (χ0v) is 16.4. The molecule has 0 unspecified atom stereocenters. The molecule has 0 aliphatic heterocycles. The summed E-state index contributed by atoms with van der Waals surface area (Å²) in [5.74, 6) is -2.18. The molecule has 7 heteroatoms. The van der Waals surface area contributed by atoms with Crippen LogP contribution < -0.4 is 5.32 Å². The average Bonchev–Trinajstić information content (AvgIpc) is 2.68. The van der Waals surface area contributed by atoms with E-state index in [1.54, 1.807) is 43.3 Å². The second kappa shape index (κ2) is 8.53. The maximum Gasteiger partial charge on any atom is 0.251 e. The monoisotopic (exact) mass is 415 g/mol. The van der Waals surface area contributed by atoms with Crippen LogP contribution in [0.5, 0.6) is 0 Å². The van der Waals surface area contributed by atoms with E-state index >= 15 is 0 Å². The van der Waals surface area contributed by atoms with Gasteiger partial charge in [0.2, 0.25) is 0 Å². The molecular weight excluding hydrogens is 396 g/mol. The van der Waals surface area contributed by atoms with Crippen molar-refractivity contribution in [1.82, 2.24) is 5.32 Å². The van der Waals surface area contributed by atoms with Gasteiger partial charge in [0.15, 0.2) is 9.84 Å². The van der Waals surface area contributed by atoms with Crippen molar-refractivity contribution in [3.8, 4) is 0 Å². The van der Waals surface area contributed by atoms with E-state index in [-0.39, 0.29) is 21.8 Å². The highest BCUT2D eigenvalue weighted by molar-refractivity contribution is 7.90. The first kappa shape index (κ1) is 20.7. The summed E-state index contributed by atoms with van der Waals surface area (Å²) in [6, 6.07) is 16.8. The molecule has 0 bridgehead atoms. The molecule has 3 rings (SSSR count). The maximum atomic E-state index is 13.9. The molecule has 0 fully saturated rings. The number of halogens is 2. The van der Waals surface area contributed by atoms with Gasteiger partial charge >= 0.3 is 0 Å². The van der Waals surface area contributed by atoms with E-state index < -0.39 is 33.4 Å². The molecule has 0 saturated heterocycles. The van der Waals surface area contributed by atoms with E-state index in [4.69, 9.17) is 0 Å². The summed E-state index contributed by atoms with van der Waals surface area (Å²) in [6.07, 6.45) is 0. The zero-order valence-electron chi connectivity index (χ0n) is 15.6. The summed E-state index contributed by atoms with van der Waals surface area (Å²) in [7, 11) is -3.55. The molecule has 0 aromatic heterocycles. The highest BCUT2D eigenvalue weighted by Gasteiger charge is 2.18. The summed E-state index contributed by atoms with van der Waals surface area (Å²) in [5, 5.41) is 2.64. The third kappa shape index (κ3) is 5.06. The van der Waals surface area contributed by atoms with Gasteiger partial charge in [0, 0.05) is 17.2 Å². The van der Waals surface area contributed by atoms with Crippen molar-refractivity contribution in [2.24, 2.45) is 0 Å². The Morgan fingerprint density at radius 1 is 0.966 bits per heavy atom. The highest BCUT2D eigenvalue weighted by atomic mass is 32.2. The summed E-state index contributed by atoms with van der Waals surface area (Å²) >= 11 is 0. The standard InChI is InChI=1S/C22H19F2NO3S/c1-15(20-11-10-18(23)13-21(20)24)25-22(26)17-7-5-6-16(12-17)14-29(27,28)19-8-3-2-4-9-19/h2-13,15H,14H2,1H3,(H,25,26)/t15-/m1/s1. The molecule has 1 N–H and O–H groups in total. The molecule has 1 amide bonds. The first-order chi connectivity index (χ1) is 13.8. The van der Waals surface area contributed by atoms with Crippen LogP contribution in [0, 0.1) is 11.6 Å². The first-order valence-electron chi connectivity index (χ1n) is 8.89. The van der Waals surface area contributed by atoms with Crippen LogP contribution in [-0.4, -0.2) is 14.3 Å². The van der Waals surface area contributed by atoms with E-state index in [1.165, 1.54) is 24.3 Å². The highest BCUT2D eigenvalue weighted by Crippen LogP contribution is 2.20. The predicted octanol–water partition coefficient (Wildman–Crippen LogP) is 4.43. The van der Waals surface area contributed by atoms with Crippen LogP contribution in [0.4, 0.5) is 8.78 Å². The Hall–Kier alpha value is -3.06. The van der Waals surface area contributed by atoms with Gasteiger partial charge in [-0.25, -0.2) is 17.2 Å². The van der Waals surface area contributed by atoms with Crippen molar-refractivity contribution in [1.29, 1.82) is 0 Å². The van der Waals surface area contributed by atoms with Crippen molar-refractivity contribution in [2.75, 3.05) is 0 Å². The molecule has 29 heavy (non-hydrogen) atoms. The average molecular weight is 415 g/mol. The third-order valence-corrected chi connectivity index (χ3v) is 6.13. The van der Waals surface area contributed by atoms with E-state index in [9.17, 15) is 22.0 Å². The van der Waals surface area contributed by atoms with Gasteiger partial charge in [-0.15, -0.1) is 0 Å². The molecule has 0 aliphatic carbocycles. The fourth-order valence-corrected chi connectivity index (χ4v) is 4.30. The molecule has 4 nitrogen and oxygen atoms in total. The minimum absolute atomic E-state index is 0.155. The van der Waals surface area contributed by atoms with Crippen LogP contribution in [0.25, 0.3) is 0 Å². The molecule has 0 saturated carbocycles. The number of nitrogens with one attached hydrogen (secondary N) is 1. The topological polar surface area (TPSA) is 63.2 Å². The van der Waals surface area contributed by atoms with E-state index in [2.05, 4.69) is 5.32 Å². The Morgan fingerprint density at radius 3 is 2.38 bits per heavy atom. The van der Waals surface area contributed by atoms with Crippen molar-refractivity contribution >= 4 is 15.7 Å². The van der Waals surface area contributed by atoms with Gasteiger partial charge in [0.25, 0.3) is 5.91 Å². The molecule has 0 heterocycles. The molecule has 1 atom stereocenters. The Kier molecular flexibility index (Phi) is 6.08. The molecular formula is C22H19F2NO3S. The summed E-state index contributed by atoms with van der Waals surface area (Å²) in [4.78, 5) is 12.7. The lowest BCUT2D eigenvalue weighted by molar-refractivity contribution is 0.0939. The van der Waals surface area contributed by atoms with Crippen LogP contribution in [-0.2, 0) is 15.6 Å². The summed E-state index contributed by atoms with van der Waals surface area (Å²) in [6.45, 7) is 1.58. The number of rotatable bonds is 6. The minimum Gasteiger partial charge on any atom is -0.345 e. The van der Waals surface area contributed by atoms with Crippen molar-refractivity contribution in [2.45, 2.75) is 23.6 Å². The molecule has 150 valence electrons. The van der Waals surface area contributed by atoms with Gasteiger partial charge in [-0.05, 0) is 42.8 Å². The fraction of sp³-hybridized carbons (Fsp3) is 0.136. The largest absolute Gasteiger partial charge is 0.345 e. The second-order valence-corrected chi connectivity index (χ2v) is 8.62. The Balaban J connectivity index is 1.76. The smallest absolute Gasteiger partial charge is 0.251 e. The summed E-state index contributed by atoms with van der Waals surface area (Å²) < 4.78 is 52.0. The van der Waals surface area contributed by atoms with Crippen LogP contribution in [0.2, 0.25) is 0 Å². The van der Waals surface area contributed by atoms with Gasteiger partial charge in [0.05, 0.1) is 16.7 Å². The van der Waals surface area contributed by atoms with E-state index in [1.807, 2.05) is 0 Å². The van der Waals surface area contributed by atoms with Crippen molar-refractivity contribution in [3.05, 3.63) is 101 Å². The normalized spacial score (nSPS) is 12.4. The van der Waals surface area contributed by atoms with E-state index in [0.29, 0.717) is 5.56 Å². The molecule has 0 radical (unpaired) electrons. The van der Waals surface area contributed by atoms with E-state index in [0.717, 1.165) is 12.1 Å². The first-order valence-corrected chi connectivity index (χ1v) is 10.5. The second-order valence-electron chi connectivity index (χ2n) is 6.63. The lowest BCUT2D eigenvalue weighted by atomic mass is 10.1. The quantitative estimate of drug-likeness (QED) is 0.648. The van der Waals surface area contributed by atoms with Crippen molar-refractivity contribution < 1.29 is 22.0 Å². The number of amides is 1. The van der Waals surface area contributed by atoms with Crippen LogP contribution in [0.3, 0.4) is 0 Å². The molecule has 0 spiro atoms. The summed E-state index contributed by atoms with van der Waals surface area (Å²) in [5.41, 5.74) is 0.866. The number of sulfone groups is 1. The fourth-order valence-electron chi connectivity index (χ4n) is 2.94. The number of hydrogen-bond donors (Lipinski definition) is 1. The van der Waals surface area contributed by atoms with Gasteiger partial charge in [-0.2, -0.15) is 0 Å². The zero-order chi connectivity index (χ0) is 21.0. The van der Waals surface area contributed by atoms with Crippen LogP contribution in [0.15, 0.2) is 77.7 Å². The number of carbonyl (C=O) groups excluding carboxylic acids is 1. The predicted molar refractivity (Wildman–Crippen MR) is 106 cm³/mol. The Labute approximate surface area is 168 Å². The van der Waals surface area contributed by atoms with Crippen LogP contribution in [0.1, 0.15) is 34.5 Å². The maximum absolute atomic E-state index is 13.9. The van der Waals surface area contributed by atoms with Crippen LogP contribution >= 0.6 is 0 Å². The van der Waals surface area contributed by atoms with Gasteiger partial charge in [-0.3, -0.25) is 4.79 Å². The van der Waals surface area contributed by atoms with Gasteiger partial charge < -0.3 is 5.32 Å². The SMILES string of the molecule is C[C@@H](NC(=O)c1cccc(CS(=O)(=O)c2ccccc2)c1)c1ccc(F)cc1F. The molecule has 3 aromatic rings. The lowest BCUT2D eigenvalue weighted by Gasteiger charge is -2.15. The molecule has 0 aliphatic rings. The minimum atomic E-state index is -3.55. The van der Waals surface area contributed by atoms with Crippen molar-refractivity contribution in [3.63, 3.8) is 0 Å². The van der Waals surface area contributed by atoms with Gasteiger partial charge in [-0.1, -0.05) is 36.4 Å². The van der Waals surface area contributed by atoms with Gasteiger partial charge in [0.1, 0.15) is 11.6 Å². The Morgan fingerprint density at radius 2 is 1.69 bits per heavy atom. The number of carbonyl (C=O) groups is 1. The number of hydrogen-bond acceptors (Lipinski definition) is 3. The lowest BCUT2D eigenvalue weighted by Crippen LogP contribution is -2.27. The molecule has 3 aromatic carbocycles.